The number of anilines is 1. The summed E-state index contributed by atoms with van der Waals surface area (Å²) in [5, 5.41) is 2.81. The molecule has 0 aliphatic rings. The van der Waals surface area contributed by atoms with Crippen LogP contribution < -0.4 is 11.1 Å². The molecule has 1 aromatic carbocycles. The molecule has 0 saturated carbocycles. The van der Waals surface area contributed by atoms with Crippen molar-refractivity contribution in [2.45, 2.75) is 45.1 Å². The number of halogens is 1. The van der Waals surface area contributed by atoms with Crippen LogP contribution in [0, 0.1) is 0 Å². The van der Waals surface area contributed by atoms with Crippen LogP contribution in [0.5, 0.6) is 0 Å². The second-order valence-electron chi connectivity index (χ2n) is 5.39. The van der Waals surface area contributed by atoms with Gasteiger partial charge in [0.15, 0.2) is 0 Å². The van der Waals surface area contributed by atoms with Crippen molar-refractivity contribution >= 4 is 30.0 Å². The number of rotatable bonds is 7. The van der Waals surface area contributed by atoms with Crippen LogP contribution in [0.1, 0.15) is 38.7 Å². The van der Waals surface area contributed by atoms with Gasteiger partial charge in [-0.3, -0.25) is 9.59 Å². The quantitative estimate of drug-likeness (QED) is 0.754. The van der Waals surface area contributed by atoms with E-state index in [1.807, 2.05) is 31.2 Å². The number of amides is 1. The van der Waals surface area contributed by atoms with Gasteiger partial charge in [-0.2, -0.15) is 0 Å². The number of methoxy groups -OCH3 is 1. The molecule has 1 aromatic rings. The van der Waals surface area contributed by atoms with Crippen molar-refractivity contribution in [3.05, 3.63) is 29.8 Å². The molecule has 0 heterocycles. The van der Waals surface area contributed by atoms with Crippen molar-refractivity contribution in [2.24, 2.45) is 5.73 Å². The minimum absolute atomic E-state index is 0. The fraction of sp³-hybridized carbons (Fsp3) is 0.500. The number of carbonyl (C=O) groups excluding carboxylic acids is 2. The SMILES string of the molecule is CCCC(C)(N)C(=O)Nc1ccc(CCC(=O)OC)cc1.Cl. The lowest BCUT2D eigenvalue weighted by molar-refractivity contribution is -0.140. The fourth-order valence-corrected chi connectivity index (χ4v) is 2.01. The molecule has 0 aliphatic heterocycles. The minimum Gasteiger partial charge on any atom is -0.469 e. The average Bonchev–Trinajstić information content (AvgIpc) is 2.46. The van der Waals surface area contributed by atoms with Crippen molar-refractivity contribution in [1.29, 1.82) is 0 Å². The van der Waals surface area contributed by atoms with Gasteiger partial charge in [-0.25, -0.2) is 0 Å². The van der Waals surface area contributed by atoms with E-state index < -0.39 is 5.54 Å². The van der Waals surface area contributed by atoms with Crippen LogP contribution in [0.3, 0.4) is 0 Å². The maximum Gasteiger partial charge on any atom is 0.305 e. The molecular weight excluding hydrogens is 304 g/mol. The van der Waals surface area contributed by atoms with Gasteiger partial charge < -0.3 is 15.8 Å². The highest BCUT2D eigenvalue weighted by Gasteiger charge is 2.26. The Balaban J connectivity index is 0.00000441. The molecule has 1 rings (SSSR count). The maximum atomic E-state index is 12.1. The Labute approximate surface area is 138 Å². The Morgan fingerprint density at radius 1 is 1.27 bits per heavy atom. The molecule has 6 heteroatoms. The molecule has 0 saturated heterocycles. The predicted octanol–water partition coefficient (Wildman–Crippen LogP) is 2.67. The van der Waals surface area contributed by atoms with Crippen molar-refractivity contribution < 1.29 is 14.3 Å². The number of nitrogens with two attached hydrogens (primary N) is 1. The number of hydrogen-bond acceptors (Lipinski definition) is 4. The van der Waals surface area contributed by atoms with E-state index in [1.54, 1.807) is 6.92 Å². The van der Waals surface area contributed by atoms with E-state index in [0.717, 1.165) is 12.0 Å². The third kappa shape index (κ3) is 6.45. The average molecular weight is 329 g/mol. The second-order valence-corrected chi connectivity index (χ2v) is 5.39. The zero-order chi connectivity index (χ0) is 15.9. The summed E-state index contributed by atoms with van der Waals surface area (Å²) in [6.07, 6.45) is 2.45. The first-order valence-electron chi connectivity index (χ1n) is 7.15. The molecular formula is C16H25ClN2O3. The van der Waals surface area contributed by atoms with E-state index in [1.165, 1.54) is 7.11 Å². The topological polar surface area (TPSA) is 81.4 Å². The molecule has 22 heavy (non-hydrogen) atoms. The lowest BCUT2D eigenvalue weighted by atomic mass is 9.96. The first kappa shape index (κ1) is 20.4. The molecule has 0 aliphatic carbocycles. The lowest BCUT2D eigenvalue weighted by Gasteiger charge is -2.22. The number of benzene rings is 1. The van der Waals surface area contributed by atoms with Gasteiger partial charge in [0.25, 0.3) is 0 Å². The van der Waals surface area contributed by atoms with Gasteiger partial charge in [0.1, 0.15) is 0 Å². The fourth-order valence-electron chi connectivity index (χ4n) is 2.01. The number of ether oxygens (including phenoxy) is 1. The van der Waals surface area contributed by atoms with Crippen LogP contribution in [0.4, 0.5) is 5.69 Å². The molecule has 0 bridgehead atoms. The van der Waals surface area contributed by atoms with E-state index in [2.05, 4.69) is 10.1 Å². The first-order valence-corrected chi connectivity index (χ1v) is 7.15. The van der Waals surface area contributed by atoms with Crippen molar-refractivity contribution in [1.82, 2.24) is 0 Å². The van der Waals surface area contributed by atoms with Crippen molar-refractivity contribution in [3.8, 4) is 0 Å². The standard InChI is InChI=1S/C16H24N2O3.ClH/c1-4-11-16(2,17)15(20)18-13-8-5-12(6-9-13)7-10-14(19)21-3;/h5-6,8-9H,4,7,10-11,17H2,1-3H3,(H,18,20);1H. The van der Waals surface area contributed by atoms with E-state index in [9.17, 15) is 9.59 Å². The monoisotopic (exact) mass is 328 g/mol. The summed E-state index contributed by atoms with van der Waals surface area (Å²) in [6.45, 7) is 3.73. The molecule has 1 amide bonds. The molecule has 0 fully saturated rings. The highest BCUT2D eigenvalue weighted by Crippen LogP contribution is 2.15. The van der Waals surface area contributed by atoms with Crippen LogP contribution in [0.2, 0.25) is 0 Å². The predicted molar refractivity (Wildman–Crippen MR) is 90.2 cm³/mol. The summed E-state index contributed by atoms with van der Waals surface area (Å²) in [4.78, 5) is 23.1. The summed E-state index contributed by atoms with van der Waals surface area (Å²) >= 11 is 0. The van der Waals surface area contributed by atoms with Gasteiger partial charge >= 0.3 is 5.97 Å². The molecule has 0 radical (unpaired) electrons. The molecule has 124 valence electrons. The van der Waals surface area contributed by atoms with E-state index in [4.69, 9.17) is 5.73 Å². The number of carbonyl (C=O) groups is 2. The molecule has 5 nitrogen and oxygen atoms in total. The smallest absolute Gasteiger partial charge is 0.305 e. The van der Waals surface area contributed by atoms with Gasteiger partial charge in [-0.05, 0) is 37.5 Å². The molecule has 3 N–H and O–H groups in total. The largest absolute Gasteiger partial charge is 0.469 e. The number of esters is 1. The third-order valence-corrected chi connectivity index (χ3v) is 3.35. The van der Waals surface area contributed by atoms with E-state index in [-0.39, 0.29) is 24.3 Å². The first-order chi connectivity index (χ1) is 9.89. The van der Waals surface area contributed by atoms with Gasteiger partial charge in [0, 0.05) is 12.1 Å². The molecule has 0 aromatic heterocycles. The zero-order valence-electron chi connectivity index (χ0n) is 13.3. The summed E-state index contributed by atoms with van der Waals surface area (Å²) in [5.41, 5.74) is 6.84. The van der Waals surface area contributed by atoms with Crippen molar-refractivity contribution in [2.75, 3.05) is 12.4 Å². The van der Waals surface area contributed by atoms with Crippen LogP contribution in [0.15, 0.2) is 24.3 Å². The summed E-state index contributed by atoms with van der Waals surface area (Å²) in [5.74, 6) is -0.419. The van der Waals surface area contributed by atoms with E-state index >= 15 is 0 Å². The van der Waals surface area contributed by atoms with Crippen LogP contribution in [0.25, 0.3) is 0 Å². The van der Waals surface area contributed by atoms with Gasteiger partial charge in [0.2, 0.25) is 5.91 Å². The molecule has 1 atom stereocenters. The molecule has 1 unspecified atom stereocenters. The maximum absolute atomic E-state index is 12.1. The minimum atomic E-state index is -0.863. The van der Waals surface area contributed by atoms with Gasteiger partial charge in [-0.1, -0.05) is 25.5 Å². The Morgan fingerprint density at radius 2 is 1.86 bits per heavy atom. The second kappa shape index (κ2) is 9.43. The molecule has 0 spiro atoms. The highest BCUT2D eigenvalue weighted by atomic mass is 35.5. The van der Waals surface area contributed by atoms with Gasteiger partial charge in [-0.15, -0.1) is 12.4 Å². The number of aryl methyl sites for hydroxylation is 1. The highest BCUT2D eigenvalue weighted by molar-refractivity contribution is 5.97. The summed E-state index contributed by atoms with van der Waals surface area (Å²) in [6, 6.07) is 7.39. The number of hydrogen-bond donors (Lipinski definition) is 2. The Bertz CT molecular complexity index is 487. The zero-order valence-corrected chi connectivity index (χ0v) is 14.2. The Hall–Kier alpha value is -1.59. The summed E-state index contributed by atoms with van der Waals surface area (Å²) in [7, 11) is 1.38. The van der Waals surface area contributed by atoms with Crippen LogP contribution >= 0.6 is 12.4 Å². The third-order valence-electron chi connectivity index (χ3n) is 3.35. The van der Waals surface area contributed by atoms with Crippen LogP contribution in [-0.4, -0.2) is 24.5 Å². The number of nitrogens with one attached hydrogen (secondary N) is 1. The lowest BCUT2D eigenvalue weighted by Crippen LogP contribution is -2.48. The Morgan fingerprint density at radius 3 is 2.36 bits per heavy atom. The summed E-state index contributed by atoms with van der Waals surface area (Å²) < 4.78 is 4.60. The van der Waals surface area contributed by atoms with Crippen molar-refractivity contribution in [3.63, 3.8) is 0 Å². The van der Waals surface area contributed by atoms with E-state index in [0.29, 0.717) is 24.9 Å². The normalized spacial score (nSPS) is 12.7. The van der Waals surface area contributed by atoms with Gasteiger partial charge in [0.05, 0.1) is 12.6 Å². The van der Waals surface area contributed by atoms with Crippen LogP contribution in [-0.2, 0) is 20.7 Å². The Kier molecular flexibility index (Phi) is 8.75.